The summed E-state index contributed by atoms with van der Waals surface area (Å²) in [6.45, 7) is 2.00. The second kappa shape index (κ2) is 5.60. The van der Waals surface area contributed by atoms with Crippen molar-refractivity contribution in [3.8, 4) is 28.4 Å². The van der Waals surface area contributed by atoms with Crippen LogP contribution in [0.3, 0.4) is 0 Å². The van der Waals surface area contributed by atoms with Crippen molar-refractivity contribution in [1.82, 2.24) is 0 Å². The summed E-state index contributed by atoms with van der Waals surface area (Å²) in [6, 6.07) is 15.6. The van der Waals surface area contributed by atoms with E-state index in [4.69, 9.17) is 9.47 Å². The highest BCUT2D eigenvalue weighted by molar-refractivity contribution is 6.03. The monoisotopic (exact) mass is 294 g/mol. The molecular weight excluding hydrogens is 276 g/mol. The Morgan fingerprint density at radius 1 is 0.818 bits per heavy atom. The second-order valence-electron chi connectivity index (χ2n) is 5.21. The van der Waals surface area contributed by atoms with Crippen molar-refractivity contribution in [3.05, 3.63) is 54.1 Å². The smallest absolute Gasteiger partial charge is 0.172 e. The number of hydrogen-bond donors (Lipinski definition) is 1. The number of aromatic hydroxyl groups is 1. The quantitative estimate of drug-likeness (QED) is 0.771. The maximum atomic E-state index is 10.8. The van der Waals surface area contributed by atoms with Crippen molar-refractivity contribution in [2.45, 2.75) is 6.92 Å². The van der Waals surface area contributed by atoms with Gasteiger partial charge in [0.25, 0.3) is 0 Å². The lowest BCUT2D eigenvalue weighted by atomic mass is 9.96. The molecule has 0 aliphatic carbocycles. The Morgan fingerprint density at radius 2 is 1.50 bits per heavy atom. The van der Waals surface area contributed by atoms with Crippen LogP contribution >= 0.6 is 0 Å². The Morgan fingerprint density at radius 3 is 2.14 bits per heavy atom. The van der Waals surface area contributed by atoms with E-state index >= 15 is 0 Å². The molecule has 0 saturated carbocycles. The van der Waals surface area contributed by atoms with Crippen LogP contribution in [0.25, 0.3) is 21.9 Å². The van der Waals surface area contributed by atoms with Gasteiger partial charge in [0.2, 0.25) is 0 Å². The Balaban J connectivity index is 2.47. The van der Waals surface area contributed by atoms with Crippen LogP contribution in [0, 0.1) is 6.92 Å². The summed E-state index contributed by atoms with van der Waals surface area (Å²) >= 11 is 0. The van der Waals surface area contributed by atoms with Crippen molar-refractivity contribution in [3.63, 3.8) is 0 Å². The number of phenolic OH excluding ortho intramolecular Hbond substituents is 1. The van der Waals surface area contributed by atoms with Gasteiger partial charge in [-0.2, -0.15) is 0 Å². The van der Waals surface area contributed by atoms with Gasteiger partial charge in [-0.1, -0.05) is 48.0 Å². The van der Waals surface area contributed by atoms with Crippen LogP contribution in [-0.4, -0.2) is 19.3 Å². The first-order valence-electron chi connectivity index (χ1n) is 7.10. The molecule has 0 radical (unpaired) electrons. The predicted octanol–water partition coefficient (Wildman–Crippen LogP) is 4.54. The number of fused-ring (bicyclic) bond motifs is 1. The molecule has 0 aliphatic heterocycles. The summed E-state index contributed by atoms with van der Waals surface area (Å²) in [6.07, 6.45) is 0. The highest BCUT2D eigenvalue weighted by Gasteiger charge is 2.21. The van der Waals surface area contributed by atoms with Crippen LogP contribution in [0.5, 0.6) is 17.2 Å². The minimum absolute atomic E-state index is 0.211. The molecule has 0 amide bonds. The molecule has 3 aromatic rings. The molecule has 0 aliphatic rings. The summed E-state index contributed by atoms with van der Waals surface area (Å²) in [4.78, 5) is 0. The van der Waals surface area contributed by atoms with Crippen LogP contribution in [-0.2, 0) is 0 Å². The van der Waals surface area contributed by atoms with Gasteiger partial charge in [0.1, 0.15) is 5.75 Å². The molecule has 0 bridgehead atoms. The summed E-state index contributed by atoms with van der Waals surface area (Å²) in [5.41, 5.74) is 2.62. The Labute approximate surface area is 129 Å². The lowest BCUT2D eigenvalue weighted by Gasteiger charge is -2.18. The molecule has 112 valence electrons. The fraction of sp³-hybridized carbons (Fsp3) is 0.158. The second-order valence-corrected chi connectivity index (χ2v) is 5.21. The average Bonchev–Trinajstić information content (AvgIpc) is 2.55. The van der Waals surface area contributed by atoms with Crippen molar-refractivity contribution < 1.29 is 14.6 Å². The molecule has 1 N–H and O–H groups in total. The predicted molar refractivity (Wildman–Crippen MR) is 88.9 cm³/mol. The summed E-state index contributed by atoms with van der Waals surface area (Å²) < 4.78 is 11.1. The molecule has 22 heavy (non-hydrogen) atoms. The third kappa shape index (κ3) is 2.15. The standard InChI is InChI=1S/C19H18O3/c1-12-9-10-14-15(11-12)17(20)16(13-7-5-4-6-8-13)19(22-3)18(14)21-2/h4-11,20H,1-3H3. The van der Waals surface area contributed by atoms with E-state index in [-0.39, 0.29) is 5.75 Å². The van der Waals surface area contributed by atoms with Gasteiger partial charge in [-0.25, -0.2) is 0 Å². The molecule has 0 heterocycles. The highest BCUT2D eigenvalue weighted by Crippen LogP contribution is 2.50. The van der Waals surface area contributed by atoms with E-state index in [1.165, 1.54) is 0 Å². The minimum Gasteiger partial charge on any atom is -0.507 e. The number of methoxy groups -OCH3 is 2. The summed E-state index contributed by atoms with van der Waals surface area (Å²) in [5, 5.41) is 12.4. The van der Waals surface area contributed by atoms with Gasteiger partial charge in [0.05, 0.1) is 19.8 Å². The van der Waals surface area contributed by atoms with E-state index in [9.17, 15) is 5.11 Å². The summed E-state index contributed by atoms with van der Waals surface area (Å²) in [7, 11) is 3.20. The number of benzene rings is 3. The molecule has 0 spiro atoms. The van der Waals surface area contributed by atoms with E-state index < -0.39 is 0 Å². The molecule has 3 nitrogen and oxygen atoms in total. The van der Waals surface area contributed by atoms with Crippen LogP contribution in [0.15, 0.2) is 48.5 Å². The Kier molecular flexibility index (Phi) is 3.63. The van der Waals surface area contributed by atoms with Gasteiger partial charge in [0.15, 0.2) is 11.5 Å². The number of rotatable bonds is 3. The van der Waals surface area contributed by atoms with Crippen molar-refractivity contribution in [1.29, 1.82) is 0 Å². The van der Waals surface area contributed by atoms with Gasteiger partial charge in [-0.3, -0.25) is 0 Å². The lowest BCUT2D eigenvalue weighted by molar-refractivity contribution is 0.357. The molecule has 0 unspecified atom stereocenters. The normalized spacial score (nSPS) is 10.7. The zero-order chi connectivity index (χ0) is 15.7. The van der Waals surface area contributed by atoms with E-state index in [2.05, 4.69) is 0 Å². The van der Waals surface area contributed by atoms with E-state index in [1.807, 2.05) is 55.5 Å². The Bertz CT molecular complexity index is 823. The first-order chi connectivity index (χ1) is 10.7. The topological polar surface area (TPSA) is 38.7 Å². The maximum Gasteiger partial charge on any atom is 0.172 e. The molecule has 3 heteroatoms. The van der Waals surface area contributed by atoms with Gasteiger partial charge >= 0.3 is 0 Å². The minimum atomic E-state index is 0.211. The van der Waals surface area contributed by atoms with Gasteiger partial charge in [0, 0.05) is 10.8 Å². The van der Waals surface area contributed by atoms with E-state index in [0.717, 1.165) is 21.9 Å². The van der Waals surface area contributed by atoms with Gasteiger partial charge in [-0.15, -0.1) is 0 Å². The molecule has 0 atom stereocenters. The van der Waals surface area contributed by atoms with E-state index in [0.29, 0.717) is 17.1 Å². The molecular formula is C19H18O3. The number of phenols is 1. The maximum absolute atomic E-state index is 10.8. The zero-order valence-corrected chi connectivity index (χ0v) is 12.9. The van der Waals surface area contributed by atoms with Gasteiger partial charge < -0.3 is 14.6 Å². The van der Waals surface area contributed by atoms with Crippen LogP contribution < -0.4 is 9.47 Å². The number of ether oxygens (including phenoxy) is 2. The van der Waals surface area contributed by atoms with Crippen LogP contribution in [0.1, 0.15) is 5.56 Å². The molecule has 3 aromatic carbocycles. The van der Waals surface area contributed by atoms with Gasteiger partial charge in [-0.05, 0) is 18.6 Å². The summed E-state index contributed by atoms with van der Waals surface area (Å²) in [5.74, 6) is 1.39. The Hall–Kier alpha value is -2.68. The molecule has 0 aromatic heterocycles. The first-order valence-corrected chi connectivity index (χ1v) is 7.10. The fourth-order valence-electron chi connectivity index (χ4n) is 2.80. The largest absolute Gasteiger partial charge is 0.507 e. The van der Waals surface area contributed by atoms with Crippen molar-refractivity contribution in [2.24, 2.45) is 0 Å². The lowest BCUT2D eigenvalue weighted by Crippen LogP contribution is -1.96. The van der Waals surface area contributed by atoms with E-state index in [1.54, 1.807) is 14.2 Å². The number of hydrogen-bond acceptors (Lipinski definition) is 3. The fourth-order valence-corrected chi connectivity index (χ4v) is 2.80. The third-order valence-corrected chi connectivity index (χ3v) is 3.82. The average molecular weight is 294 g/mol. The third-order valence-electron chi connectivity index (χ3n) is 3.82. The SMILES string of the molecule is COc1c(-c2ccccc2)c(O)c2cc(C)ccc2c1OC. The van der Waals surface area contributed by atoms with Crippen molar-refractivity contribution >= 4 is 10.8 Å². The van der Waals surface area contributed by atoms with Crippen LogP contribution in [0.2, 0.25) is 0 Å². The molecule has 3 rings (SSSR count). The first kappa shape index (κ1) is 14.3. The molecule has 0 fully saturated rings. The van der Waals surface area contributed by atoms with Crippen LogP contribution in [0.4, 0.5) is 0 Å². The van der Waals surface area contributed by atoms with Crippen molar-refractivity contribution in [2.75, 3.05) is 14.2 Å². The highest BCUT2D eigenvalue weighted by atomic mass is 16.5. The zero-order valence-electron chi connectivity index (χ0n) is 12.9. The number of aryl methyl sites for hydroxylation is 1. The molecule has 0 saturated heterocycles.